The Kier molecular flexibility index (Phi) is 4.17. The third kappa shape index (κ3) is 3.73. The maximum absolute atomic E-state index is 8.89. The molecule has 0 bridgehead atoms. The average Bonchev–Trinajstić information content (AvgIpc) is 2.17. The van der Waals surface area contributed by atoms with E-state index >= 15 is 0 Å². The normalized spacial score (nSPS) is 9.00. The van der Waals surface area contributed by atoms with Crippen molar-refractivity contribution >= 4 is 5.97 Å². The van der Waals surface area contributed by atoms with Gasteiger partial charge in [0.1, 0.15) is 11.4 Å². The molecule has 4 nitrogen and oxygen atoms in total. The molecule has 74 valence electrons. The number of rotatable bonds is 0. The molecule has 1 aromatic heterocycles. The first-order chi connectivity index (χ1) is 5.86. The van der Waals surface area contributed by atoms with Gasteiger partial charge >= 0.3 is 0 Å². The second kappa shape index (κ2) is 4.64. The summed E-state index contributed by atoms with van der Waals surface area (Å²) in [6.07, 6.45) is 2.07. The van der Waals surface area contributed by atoms with Gasteiger partial charge < -0.3 is 9.90 Å². The van der Waals surface area contributed by atoms with Crippen molar-refractivity contribution in [2.45, 2.75) is 20.8 Å². The minimum absolute atomic E-state index is 0.972. The molecule has 0 radical (unpaired) electrons. The summed E-state index contributed by atoms with van der Waals surface area (Å²) >= 11 is 0. The Labute approximate surface area is 78.4 Å². The first-order valence-electron chi connectivity index (χ1n) is 4.02. The van der Waals surface area contributed by atoms with Gasteiger partial charge in [0, 0.05) is 19.8 Å². The minimum atomic E-state index is -1.08. The third-order valence-corrected chi connectivity index (χ3v) is 1.93. The number of hydrogen-bond acceptors (Lipinski definition) is 2. The highest BCUT2D eigenvalue weighted by Crippen LogP contribution is 1.97. The SMILES string of the molecule is CC(=O)[O-].Cc1c(C)[n+](C)cn1C. The highest BCUT2D eigenvalue weighted by molar-refractivity contribution is 5.60. The third-order valence-electron chi connectivity index (χ3n) is 1.93. The maximum atomic E-state index is 8.89. The fourth-order valence-electron chi connectivity index (χ4n) is 0.943. The van der Waals surface area contributed by atoms with Crippen molar-refractivity contribution in [3.63, 3.8) is 0 Å². The van der Waals surface area contributed by atoms with Crippen LogP contribution in [0.1, 0.15) is 18.3 Å². The van der Waals surface area contributed by atoms with Gasteiger partial charge in [-0.15, -0.1) is 0 Å². The zero-order valence-corrected chi connectivity index (χ0v) is 8.79. The van der Waals surface area contributed by atoms with Crippen LogP contribution in [0.2, 0.25) is 0 Å². The Morgan fingerprint density at radius 3 is 2.00 bits per heavy atom. The molecule has 0 aromatic carbocycles. The van der Waals surface area contributed by atoms with Crippen molar-refractivity contribution in [2.24, 2.45) is 14.1 Å². The number of aryl methyl sites for hydroxylation is 2. The zero-order valence-electron chi connectivity index (χ0n) is 8.79. The molecule has 1 rings (SSSR count). The molecule has 0 saturated heterocycles. The van der Waals surface area contributed by atoms with E-state index in [4.69, 9.17) is 9.90 Å². The van der Waals surface area contributed by atoms with E-state index in [2.05, 4.69) is 43.4 Å². The lowest BCUT2D eigenvalue weighted by Crippen LogP contribution is -2.28. The molecular weight excluding hydrogens is 168 g/mol. The number of imidazole rings is 1. The number of carboxylic acid groups (broad SMARTS) is 1. The van der Waals surface area contributed by atoms with E-state index in [1.165, 1.54) is 11.4 Å². The second-order valence-electron chi connectivity index (χ2n) is 3.00. The second-order valence-corrected chi connectivity index (χ2v) is 3.00. The lowest BCUT2D eigenvalue weighted by molar-refractivity contribution is -0.677. The number of carbonyl (C=O) groups is 1. The lowest BCUT2D eigenvalue weighted by Gasteiger charge is -1.84. The largest absolute Gasteiger partial charge is 0.550 e. The molecule has 1 aromatic rings. The summed E-state index contributed by atoms with van der Waals surface area (Å²) in [5, 5.41) is 8.89. The van der Waals surface area contributed by atoms with E-state index in [-0.39, 0.29) is 0 Å². The predicted octanol–water partition coefficient (Wildman–Crippen LogP) is -0.777. The molecule has 13 heavy (non-hydrogen) atoms. The first-order valence-corrected chi connectivity index (χ1v) is 4.02. The topological polar surface area (TPSA) is 48.9 Å². The van der Waals surface area contributed by atoms with Crippen LogP contribution in [0.15, 0.2) is 6.33 Å². The molecule has 0 saturated carbocycles. The van der Waals surface area contributed by atoms with Crippen LogP contribution in [0.4, 0.5) is 0 Å². The zero-order chi connectivity index (χ0) is 10.6. The molecule has 0 fully saturated rings. The van der Waals surface area contributed by atoms with Gasteiger partial charge in [0.2, 0.25) is 6.33 Å². The Hall–Kier alpha value is -1.32. The van der Waals surface area contributed by atoms with Crippen LogP contribution in [0.25, 0.3) is 0 Å². The standard InChI is InChI=1S/C7H13N2.C2H4O2/c1-6-7(2)9(4)5-8(6)3;1-2(3)4/h5H,1-4H3;1H3,(H,3,4)/q+1;/p-1. The number of hydrogen-bond donors (Lipinski definition) is 0. The van der Waals surface area contributed by atoms with E-state index in [9.17, 15) is 0 Å². The van der Waals surface area contributed by atoms with E-state index in [0.717, 1.165) is 6.92 Å². The average molecular weight is 184 g/mol. The molecule has 0 amide bonds. The van der Waals surface area contributed by atoms with Gasteiger partial charge in [0.15, 0.2) is 0 Å². The Bertz CT molecular complexity index is 276. The molecular formula is C9H16N2O2. The fraction of sp³-hybridized carbons (Fsp3) is 0.556. The highest BCUT2D eigenvalue weighted by atomic mass is 16.4. The molecule has 1 heterocycles. The smallest absolute Gasteiger partial charge is 0.243 e. The maximum Gasteiger partial charge on any atom is 0.243 e. The number of carboxylic acids is 1. The molecule has 0 atom stereocenters. The minimum Gasteiger partial charge on any atom is -0.550 e. The van der Waals surface area contributed by atoms with Crippen LogP contribution in [0.3, 0.4) is 0 Å². The van der Waals surface area contributed by atoms with Crippen LogP contribution >= 0.6 is 0 Å². The number of nitrogens with zero attached hydrogens (tertiary/aromatic N) is 2. The summed E-state index contributed by atoms with van der Waals surface area (Å²) in [7, 11) is 4.12. The van der Waals surface area contributed by atoms with Gasteiger partial charge in [0.25, 0.3) is 0 Å². The summed E-state index contributed by atoms with van der Waals surface area (Å²) in [4.78, 5) is 8.89. The molecule has 4 heteroatoms. The van der Waals surface area contributed by atoms with Crippen molar-refractivity contribution in [1.82, 2.24) is 4.57 Å². The van der Waals surface area contributed by atoms with Gasteiger partial charge in [-0.25, -0.2) is 9.13 Å². The molecule has 0 aliphatic rings. The van der Waals surface area contributed by atoms with Gasteiger partial charge in [0.05, 0.1) is 14.1 Å². The van der Waals surface area contributed by atoms with Crippen molar-refractivity contribution in [3.8, 4) is 0 Å². The highest BCUT2D eigenvalue weighted by Gasteiger charge is 2.07. The van der Waals surface area contributed by atoms with Crippen LogP contribution in [0, 0.1) is 13.8 Å². The number of aromatic nitrogens is 2. The summed E-state index contributed by atoms with van der Waals surface area (Å²) in [6, 6.07) is 0. The van der Waals surface area contributed by atoms with Crippen molar-refractivity contribution in [3.05, 3.63) is 17.7 Å². The Balaban J connectivity index is 0.000000310. The van der Waals surface area contributed by atoms with Crippen molar-refractivity contribution in [1.29, 1.82) is 0 Å². The van der Waals surface area contributed by atoms with Crippen LogP contribution in [-0.2, 0) is 18.9 Å². The Morgan fingerprint density at radius 2 is 1.92 bits per heavy atom. The van der Waals surface area contributed by atoms with Gasteiger partial charge in [-0.3, -0.25) is 0 Å². The summed E-state index contributed by atoms with van der Waals surface area (Å²) in [5.74, 6) is -1.08. The van der Waals surface area contributed by atoms with E-state index in [0.29, 0.717) is 0 Å². The van der Waals surface area contributed by atoms with E-state index in [1.54, 1.807) is 0 Å². The molecule has 0 aliphatic heterocycles. The van der Waals surface area contributed by atoms with Crippen LogP contribution in [-0.4, -0.2) is 10.5 Å². The Morgan fingerprint density at radius 1 is 1.54 bits per heavy atom. The first kappa shape index (κ1) is 11.7. The molecule has 0 unspecified atom stereocenters. The predicted molar refractivity (Wildman–Crippen MR) is 46.7 cm³/mol. The van der Waals surface area contributed by atoms with E-state index in [1.807, 2.05) is 0 Å². The van der Waals surface area contributed by atoms with Crippen molar-refractivity contribution < 1.29 is 14.5 Å². The summed E-state index contributed by atoms with van der Waals surface area (Å²) in [6.45, 7) is 5.21. The van der Waals surface area contributed by atoms with Gasteiger partial charge in [-0.1, -0.05) is 0 Å². The fourth-order valence-corrected chi connectivity index (χ4v) is 0.943. The quantitative estimate of drug-likeness (QED) is 0.497. The summed E-state index contributed by atoms with van der Waals surface area (Å²) < 4.78 is 4.24. The van der Waals surface area contributed by atoms with Crippen LogP contribution in [0.5, 0.6) is 0 Å². The van der Waals surface area contributed by atoms with Gasteiger partial charge in [-0.2, -0.15) is 0 Å². The lowest BCUT2D eigenvalue weighted by atomic mass is 10.4. The van der Waals surface area contributed by atoms with Gasteiger partial charge in [-0.05, 0) is 6.92 Å². The van der Waals surface area contributed by atoms with E-state index < -0.39 is 5.97 Å². The number of carbonyl (C=O) groups excluding carboxylic acids is 1. The molecule has 0 spiro atoms. The number of aliphatic carboxylic acids is 1. The summed E-state index contributed by atoms with van der Waals surface area (Å²) in [5.41, 5.74) is 2.66. The molecule has 0 N–H and O–H groups in total. The van der Waals surface area contributed by atoms with Crippen molar-refractivity contribution in [2.75, 3.05) is 0 Å². The van der Waals surface area contributed by atoms with Crippen LogP contribution < -0.4 is 9.67 Å². The molecule has 0 aliphatic carbocycles. The monoisotopic (exact) mass is 184 g/mol.